The van der Waals surface area contributed by atoms with Gasteiger partial charge >= 0.3 is 5.97 Å². The average Bonchev–Trinajstić information content (AvgIpc) is 2.92. The number of amidine groups is 1. The monoisotopic (exact) mass is 572 g/mol. The normalized spacial score (nSPS) is 15.6. The Morgan fingerprint density at radius 1 is 1.00 bits per heavy atom. The van der Waals surface area contributed by atoms with Gasteiger partial charge in [0.2, 0.25) is 17.7 Å². The highest BCUT2D eigenvalue weighted by molar-refractivity contribution is 6.02. The van der Waals surface area contributed by atoms with E-state index in [9.17, 15) is 24.3 Å². The van der Waals surface area contributed by atoms with Crippen LogP contribution < -0.4 is 27.8 Å². The van der Waals surface area contributed by atoms with Crippen molar-refractivity contribution in [2.24, 2.45) is 34.0 Å². The van der Waals surface area contributed by atoms with Crippen LogP contribution in [-0.2, 0) is 25.6 Å². The van der Waals surface area contributed by atoms with Gasteiger partial charge in [0, 0.05) is 26.2 Å². The van der Waals surface area contributed by atoms with Gasteiger partial charge in [0.1, 0.15) is 23.8 Å². The van der Waals surface area contributed by atoms with Crippen molar-refractivity contribution in [2.45, 2.75) is 69.9 Å². The Morgan fingerprint density at radius 2 is 1.61 bits per heavy atom. The molecule has 0 radical (unpaired) electrons. The summed E-state index contributed by atoms with van der Waals surface area (Å²) in [6.45, 7) is 0.214. The van der Waals surface area contributed by atoms with Gasteiger partial charge in [-0.2, -0.15) is 0 Å². The molecule has 1 aliphatic carbocycles. The first kappa shape index (κ1) is 33.0. The Balaban J connectivity index is 2.24. The lowest BCUT2D eigenvalue weighted by Crippen LogP contribution is -2.54. The quantitative estimate of drug-likeness (QED) is 0.0667. The summed E-state index contributed by atoms with van der Waals surface area (Å²) in [6.07, 6.45) is 5.80. The molecule has 0 aliphatic heterocycles. The highest BCUT2D eigenvalue weighted by Gasteiger charge is 2.34. The summed E-state index contributed by atoms with van der Waals surface area (Å²) >= 11 is 0. The first-order valence-electron chi connectivity index (χ1n) is 13.9. The Bertz CT molecular complexity index is 1100. The van der Waals surface area contributed by atoms with E-state index in [1.165, 1.54) is 4.90 Å². The van der Waals surface area contributed by atoms with E-state index in [0.29, 0.717) is 24.0 Å². The Hall–Kier alpha value is -4.16. The molecule has 0 heterocycles. The molecule has 2 rings (SSSR count). The summed E-state index contributed by atoms with van der Waals surface area (Å²) in [5, 5.41) is 22.6. The second-order valence-corrected chi connectivity index (χ2v) is 10.7. The minimum Gasteiger partial charge on any atom is -0.480 e. The number of nitrogens with zero attached hydrogens (tertiary/aromatic N) is 2. The number of hydrogen-bond donors (Lipinski definition) is 7. The van der Waals surface area contributed by atoms with Crippen LogP contribution in [0.25, 0.3) is 0 Å². The number of nitrogens with one attached hydrogen (secondary N) is 3. The van der Waals surface area contributed by atoms with Crippen LogP contribution in [0.5, 0.6) is 0 Å². The van der Waals surface area contributed by atoms with Gasteiger partial charge in [-0.15, -0.1) is 0 Å². The molecule has 3 amide bonds. The van der Waals surface area contributed by atoms with Gasteiger partial charge in [0.15, 0.2) is 5.96 Å². The van der Waals surface area contributed by atoms with Crippen LogP contribution in [0.2, 0.25) is 0 Å². The number of carbonyl (C=O) groups is 4. The number of guanidine groups is 1. The number of amides is 3. The lowest BCUT2D eigenvalue weighted by atomic mass is 9.84. The summed E-state index contributed by atoms with van der Waals surface area (Å²) < 4.78 is 0. The smallest absolute Gasteiger partial charge is 0.326 e. The summed E-state index contributed by atoms with van der Waals surface area (Å²) in [6, 6.07) is 4.48. The van der Waals surface area contributed by atoms with E-state index < -0.39 is 41.7 Å². The van der Waals surface area contributed by atoms with Crippen molar-refractivity contribution in [3.63, 3.8) is 0 Å². The molecule has 0 aromatic heterocycles. The first-order chi connectivity index (χ1) is 19.4. The molecule has 1 unspecified atom stereocenters. The SMILES string of the molecule is CN(C)C(=O)C(Cc1ccc(C(=N)N)cc1)C(=O)N[C@@H](CC1CCCCC1)C(=O)N[C@@H](CCCN=C(N)N)C(=O)O. The zero-order chi connectivity index (χ0) is 30.5. The number of carbonyl (C=O) groups excluding carboxylic acids is 3. The van der Waals surface area contributed by atoms with Gasteiger partial charge < -0.3 is 37.8 Å². The van der Waals surface area contributed by atoms with E-state index in [-0.39, 0.29) is 37.1 Å². The maximum Gasteiger partial charge on any atom is 0.326 e. The molecule has 226 valence electrons. The van der Waals surface area contributed by atoms with E-state index in [1.807, 2.05) is 0 Å². The van der Waals surface area contributed by atoms with E-state index in [4.69, 9.17) is 22.6 Å². The van der Waals surface area contributed by atoms with Crippen molar-refractivity contribution in [3.8, 4) is 0 Å². The van der Waals surface area contributed by atoms with Gasteiger partial charge in [-0.25, -0.2) is 4.79 Å². The van der Waals surface area contributed by atoms with Gasteiger partial charge in [-0.1, -0.05) is 56.4 Å². The van der Waals surface area contributed by atoms with Crippen LogP contribution in [-0.4, -0.2) is 78.2 Å². The Labute approximate surface area is 240 Å². The maximum atomic E-state index is 13.6. The largest absolute Gasteiger partial charge is 0.480 e. The van der Waals surface area contributed by atoms with Crippen LogP contribution in [0.3, 0.4) is 0 Å². The number of benzene rings is 1. The Kier molecular flexibility index (Phi) is 13.0. The topological polar surface area (TPSA) is 230 Å². The standard InChI is InChI=1S/C28H44N8O5/c1-36(2)26(39)20(15-18-10-12-19(13-11-18)23(29)30)24(37)35-22(16-17-7-4-3-5-8-17)25(38)34-21(27(40)41)9-6-14-33-28(31)32/h10-13,17,20-22H,3-9,14-16H2,1-2H3,(H3,29,30)(H,34,38)(H,35,37)(H,40,41)(H4,31,32,33)/t20?,21-,22-/m0/s1. The van der Waals surface area contributed by atoms with E-state index >= 15 is 0 Å². The molecule has 1 aromatic carbocycles. The summed E-state index contributed by atoms with van der Waals surface area (Å²) in [7, 11) is 3.10. The zero-order valence-corrected chi connectivity index (χ0v) is 23.9. The Morgan fingerprint density at radius 3 is 2.15 bits per heavy atom. The third kappa shape index (κ3) is 11.1. The van der Waals surface area contributed by atoms with Crippen LogP contribution in [0, 0.1) is 17.2 Å². The minimum atomic E-state index is -1.21. The second kappa shape index (κ2) is 16.2. The zero-order valence-electron chi connectivity index (χ0n) is 23.9. The molecule has 0 spiro atoms. The van der Waals surface area contributed by atoms with Gasteiger partial charge in [0.05, 0.1) is 0 Å². The van der Waals surface area contributed by atoms with Gasteiger partial charge in [-0.05, 0) is 37.2 Å². The molecule has 10 N–H and O–H groups in total. The molecule has 1 aliphatic rings. The molecule has 13 heteroatoms. The van der Waals surface area contributed by atoms with Crippen molar-refractivity contribution < 1.29 is 24.3 Å². The molecule has 3 atom stereocenters. The number of carboxylic acid groups (broad SMARTS) is 1. The predicted octanol–water partition coefficient (Wildman–Crippen LogP) is 0.296. The van der Waals surface area contributed by atoms with E-state index in [0.717, 1.165) is 32.1 Å². The van der Waals surface area contributed by atoms with Crippen LogP contribution in [0.15, 0.2) is 29.3 Å². The van der Waals surface area contributed by atoms with Crippen molar-refractivity contribution in [3.05, 3.63) is 35.4 Å². The number of nitrogens with two attached hydrogens (primary N) is 3. The third-order valence-corrected chi connectivity index (χ3v) is 7.25. The second-order valence-electron chi connectivity index (χ2n) is 10.7. The van der Waals surface area contributed by atoms with Crippen molar-refractivity contribution in [2.75, 3.05) is 20.6 Å². The fourth-order valence-corrected chi connectivity index (χ4v) is 4.95. The van der Waals surface area contributed by atoms with Crippen LogP contribution in [0.4, 0.5) is 0 Å². The summed E-state index contributed by atoms with van der Waals surface area (Å²) in [5.41, 5.74) is 17.4. The molecule has 0 saturated heterocycles. The van der Waals surface area contributed by atoms with Crippen molar-refractivity contribution in [1.29, 1.82) is 5.41 Å². The number of hydrogen-bond acceptors (Lipinski definition) is 6. The molecular formula is C28H44N8O5. The minimum absolute atomic E-state index is 0.0708. The first-order valence-corrected chi connectivity index (χ1v) is 13.9. The number of aliphatic carboxylic acids is 1. The van der Waals surface area contributed by atoms with Crippen LogP contribution in [0.1, 0.15) is 62.5 Å². The van der Waals surface area contributed by atoms with Crippen molar-refractivity contribution in [1.82, 2.24) is 15.5 Å². The maximum absolute atomic E-state index is 13.6. The fourth-order valence-electron chi connectivity index (χ4n) is 4.95. The van der Waals surface area contributed by atoms with Gasteiger partial charge in [-0.3, -0.25) is 24.8 Å². The lowest BCUT2D eigenvalue weighted by Gasteiger charge is -2.29. The third-order valence-electron chi connectivity index (χ3n) is 7.25. The summed E-state index contributed by atoms with van der Waals surface area (Å²) in [4.78, 5) is 57.1. The number of nitrogen functional groups attached to an aromatic ring is 1. The highest BCUT2D eigenvalue weighted by Crippen LogP contribution is 2.27. The van der Waals surface area contributed by atoms with Crippen LogP contribution >= 0.6 is 0 Å². The van der Waals surface area contributed by atoms with E-state index in [2.05, 4.69) is 15.6 Å². The molecule has 41 heavy (non-hydrogen) atoms. The molecule has 1 fully saturated rings. The molecule has 1 aromatic rings. The highest BCUT2D eigenvalue weighted by atomic mass is 16.4. The van der Waals surface area contributed by atoms with Gasteiger partial charge in [0.25, 0.3) is 0 Å². The van der Waals surface area contributed by atoms with E-state index in [1.54, 1.807) is 38.4 Å². The average molecular weight is 573 g/mol. The summed E-state index contributed by atoms with van der Waals surface area (Å²) in [5.74, 6) is -4.00. The number of carboxylic acids is 1. The number of rotatable bonds is 15. The number of aliphatic imine (C=N–C) groups is 1. The molecule has 0 bridgehead atoms. The lowest BCUT2D eigenvalue weighted by molar-refractivity contribution is -0.143. The molecular weight excluding hydrogens is 528 g/mol. The molecule has 1 saturated carbocycles. The fraction of sp³-hybridized carbons (Fsp3) is 0.571. The predicted molar refractivity (Wildman–Crippen MR) is 156 cm³/mol. The van der Waals surface area contributed by atoms with Crippen molar-refractivity contribution >= 4 is 35.5 Å². The molecule has 13 nitrogen and oxygen atoms in total.